The third-order valence-electron chi connectivity index (χ3n) is 3.58. The first kappa shape index (κ1) is 16.7. The molecule has 1 heterocycles. The molecule has 24 heavy (non-hydrogen) atoms. The van der Waals surface area contributed by atoms with Crippen molar-refractivity contribution in [3.05, 3.63) is 58.6 Å². The molecular weight excluding hydrogens is 348 g/mol. The zero-order valence-electron chi connectivity index (χ0n) is 12.8. The minimum Gasteiger partial charge on any atom is -0.321 e. The van der Waals surface area contributed by atoms with Crippen LogP contribution in [0, 0.1) is 0 Å². The van der Waals surface area contributed by atoms with Gasteiger partial charge in [0, 0.05) is 22.7 Å². The van der Waals surface area contributed by atoms with Crippen LogP contribution in [-0.2, 0) is 14.8 Å². The molecule has 0 saturated heterocycles. The normalized spacial score (nSPS) is 15.4. The molecule has 5 nitrogen and oxygen atoms in total. The smallest absolute Gasteiger partial charge is 0.256 e. The monoisotopic (exact) mass is 362 g/mol. The zero-order chi connectivity index (χ0) is 17.3. The molecule has 2 aromatic carbocycles. The van der Waals surface area contributed by atoms with Crippen molar-refractivity contribution in [1.82, 2.24) is 4.72 Å². The van der Waals surface area contributed by atoms with Crippen LogP contribution in [0.3, 0.4) is 0 Å². The number of carbonyl (C=O) groups is 1. The van der Waals surface area contributed by atoms with Crippen molar-refractivity contribution >= 4 is 44.9 Å². The fourth-order valence-electron chi connectivity index (χ4n) is 2.52. The number of rotatable bonds is 4. The number of anilines is 1. The molecule has 2 aromatic rings. The standard InChI is InChI=1S/C17H15ClN2O3S/c1-2-19-24(22,23)13-5-3-4-11(8-13)9-15-14-7-6-12(18)10-16(14)20-17(15)21/h3-10,19H,2H2,1H3,(H,20,21). The van der Waals surface area contributed by atoms with Crippen molar-refractivity contribution in [2.24, 2.45) is 0 Å². The van der Waals surface area contributed by atoms with E-state index in [1.807, 2.05) is 0 Å². The summed E-state index contributed by atoms with van der Waals surface area (Å²) in [6.07, 6.45) is 1.67. The van der Waals surface area contributed by atoms with E-state index in [9.17, 15) is 13.2 Å². The lowest BCUT2D eigenvalue weighted by Crippen LogP contribution is -2.23. The number of benzene rings is 2. The quantitative estimate of drug-likeness (QED) is 0.820. The highest BCUT2D eigenvalue weighted by molar-refractivity contribution is 7.89. The van der Waals surface area contributed by atoms with Crippen molar-refractivity contribution in [3.8, 4) is 0 Å². The second-order valence-electron chi connectivity index (χ2n) is 5.28. The number of hydrogen-bond donors (Lipinski definition) is 2. The van der Waals surface area contributed by atoms with Gasteiger partial charge in [-0.05, 0) is 35.9 Å². The highest BCUT2D eigenvalue weighted by Gasteiger charge is 2.24. The summed E-state index contributed by atoms with van der Waals surface area (Å²) in [5.41, 5.74) is 2.49. The Morgan fingerprint density at radius 2 is 2.00 bits per heavy atom. The molecule has 0 aromatic heterocycles. The topological polar surface area (TPSA) is 75.3 Å². The van der Waals surface area contributed by atoms with E-state index >= 15 is 0 Å². The molecule has 2 N–H and O–H groups in total. The predicted octanol–water partition coefficient (Wildman–Crippen LogP) is 3.13. The Bertz CT molecular complexity index is 952. The highest BCUT2D eigenvalue weighted by atomic mass is 35.5. The van der Waals surface area contributed by atoms with Crippen LogP contribution < -0.4 is 10.0 Å². The van der Waals surface area contributed by atoms with Gasteiger partial charge in [0.2, 0.25) is 10.0 Å². The summed E-state index contributed by atoms with van der Waals surface area (Å²) >= 11 is 5.94. The summed E-state index contributed by atoms with van der Waals surface area (Å²) in [6.45, 7) is 2.03. The minimum absolute atomic E-state index is 0.161. The van der Waals surface area contributed by atoms with E-state index in [0.29, 0.717) is 28.4 Å². The van der Waals surface area contributed by atoms with E-state index in [2.05, 4.69) is 10.0 Å². The van der Waals surface area contributed by atoms with Crippen LogP contribution in [-0.4, -0.2) is 20.9 Å². The molecule has 7 heteroatoms. The largest absolute Gasteiger partial charge is 0.321 e. The molecule has 0 fully saturated rings. The summed E-state index contributed by atoms with van der Waals surface area (Å²) in [5.74, 6) is -0.243. The number of halogens is 1. The Kier molecular flexibility index (Phi) is 4.45. The van der Waals surface area contributed by atoms with E-state index in [1.165, 1.54) is 12.1 Å². The Morgan fingerprint density at radius 1 is 1.21 bits per heavy atom. The second-order valence-corrected chi connectivity index (χ2v) is 7.48. The van der Waals surface area contributed by atoms with Gasteiger partial charge in [-0.3, -0.25) is 4.79 Å². The molecule has 1 amide bonds. The summed E-state index contributed by atoms with van der Waals surface area (Å²) in [6, 6.07) is 11.6. The van der Waals surface area contributed by atoms with Crippen LogP contribution in [0.5, 0.6) is 0 Å². The Hall–Kier alpha value is -2.15. The van der Waals surface area contributed by atoms with Gasteiger partial charge in [-0.2, -0.15) is 0 Å². The Balaban J connectivity index is 2.03. The number of carbonyl (C=O) groups excluding carboxylic acids is 1. The average Bonchev–Trinajstić information content (AvgIpc) is 2.82. The van der Waals surface area contributed by atoms with Crippen LogP contribution in [0.15, 0.2) is 47.4 Å². The lowest BCUT2D eigenvalue weighted by atomic mass is 10.0. The summed E-state index contributed by atoms with van der Waals surface area (Å²) < 4.78 is 26.6. The van der Waals surface area contributed by atoms with Crippen molar-refractivity contribution < 1.29 is 13.2 Å². The zero-order valence-corrected chi connectivity index (χ0v) is 14.4. The maximum Gasteiger partial charge on any atom is 0.256 e. The SMILES string of the molecule is CCNS(=O)(=O)c1cccc(C=C2C(=O)Nc3cc(Cl)ccc32)c1. The van der Waals surface area contributed by atoms with Gasteiger partial charge in [0.1, 0.15) is 0 Å². The van der Waals surface area contributed by atoms with Gasteiger partial charge >= 0.3 is 0 Å². The summed E-state index contributed by atoms with van der Waals surface area (Å²) in [7, 11) is -3.54. The molecule has 3 rings (SSSR count). The fourth-order valence-corrected chi connectivity index (χ4v) is 3.79. The first-order valence-electron chi connectivity index (χ1n) is 7.33. The molecule has 0 bridgehead atoms. The fraction of sp³-hybridized carbons (Fsp3) is 0.118. The van der Waals surface area contributed by atoms with Crippen LogP contribution in [0.2, 0.25) is 5.02 Å². The van der Waals surface area contributed by atoms with Crippen LogP contribution >= 0.6 is 11.6 Å². The average molecular weight is 363 g/mol. The van der Waals surface area contributed by atoms with Gasteiger partial charge in [0.15, 0.2) is 0 Å². The minimum atomic E-state index is -3.54. The number of fused-ring (bicyclic) bond motifs is 1. The van der Waals surface area contributed by atoms with E-state index in [-0.39, 0.29) is 10.8 Å². The molecule has 1 aliphatic rings. The number of hydrogen-bond acceptors (Lipinski definition) is 3. The van der Waals surface area contributed by atoms with Gasteiger partial charge in [-0.25, -0.2) is 13.1 Å². The van der Waals surface area contributed by atoms with E-state index in [0.717, 1.165) is 5.56 Å². The van der Waals surface area contributed by atoms with Crippen LogP contribution in [0.25, 0.3) is 11.6 Å². The van der Waals surface area contributed by atoms with Gasteiger partial charge in [-0.15, -0.1) is 0 Å². The molecule has 0 spiro atoms. The van der Waals surface area contributed by atoms with E-state index in [1.54, 1.807) is 43.3 Å². The van der Waals surface area contributed by atoms with Gasteiger partial charge < -0.3 is 5.32 Å². The molecular formula is C17H15ClN2O3S. The van der Waals surface area contributed by atoms with Crippen LogP contribution in [0.4, 0.5) is 5.69 Å². The number of sulfonamides is 1. The molecule has 0 radical (unpaired) electrons. The predicted molar refractivity (Wildman–Crippen MR) is 95.3 cm³/mol. The van der Waals surface area contributed by atoms with Crippen LogP contribution in [0.1, 0.15) is 18.1 Å². The van der Waals surface area contributed by atoms with Gasteiger partial charge in [0.25, 0.3) is 5.91 Å². The van der Waals surface area contributed by atoms with Gasteiger partial charge in [0.05, 0.1) is 10.6 Å². The Morgan fingerprint density at radius 3 is 2.75 bits per heavy atom. The first-order valence-corrected chi connectivity index (χ1v) is 9.19. The molecule has 0 aliphatic carbocycles. The van der Waals surface area contributed by atoms with Crippen molar-refractivity contribution in [3.63, 3.8) is 0 Å². The third-order valence-corrected chi connectivity index (χ3v) is 5.36. The number of nitrogens with one attached hydrogen (secondary N) is 2. The van der Waals surface area contributed by atoms with E-state index in [4.69, 9.17) is 11.6 Å². The molecule has 0 unspecified atom stereocenters. The maximum atomic E-state index is 12.2. The van der Waals surface area contributed by atoms with E-state index < -0.39 is 10.0 Å². The van der Waals surface area contributed by atoms with Crippen molar-refractivity contribution in [1.29, 1.82) is 0 Å². The highest BCUT2D eigenvalue weighted by Crippen LogP contribution is 2.35. The maximum absolute atomic E-state index is 12.2. The van der Waals surface area contributed by atoms with Gasteiger partial charge in [-0.1, -0.05) is 36.7 Å². The lowest BCUT2D eigenvalue weighted by Gasteiger charge is -2.05. The molecule has 0 saturated carbocycles. The second kappa shape index (κ2) is 6.39. The molecule has 0 atom stereocenters. The summed E-state index contributed by atoms with van der Waals surface area (Å²) in [4.78, 5) is 12.3. The number of amides is 1. The van der Waals surface area contributed by atoms with Crippen molar-refractivity contribution in [2.45, 2.75) is 11.8 Å². The molecule has 124 valence electrons. The molecule has 1 aliphatic heterocycles. The lowest BCUT2D eigenvalue weighted by molar-refractivity contribution is -0.110. The summed E-state index contributed by atoms with van der Waals surface area (Å²) in [5, 5.41) is 3.29. The first-order chi connectivity index (χ1) is 11.4. The van der Waals surface area contributed by atoms with Crippen molar-refractivity contribution in [2.75, 3.05) is 11.9 Å². The third kappa shape index (κ3) is 3.21. The Labute approximate surface area is 145 Å².